The summed E-state index contributed by atoms with van der Waals surface area (Å²) in [5.41, 5.74) is 16.2. The Bertz CT molecular complexity index is 711. The number of hydrogen-bond acceptors (Lipinski definition) is 8. The van der Waals surface area contributed by atoms with Gasteiger partial charge in [0, 0.05) is 13.0 Å². The highest BCUT2D eigenvalue weighted by Gasteiger charge is 2.28. The van der Waals surface area contributed by atoms with Crippen LogP contribution < -0.4 is 33.2 Å². The molecule has 0 rings (SSSR count). The summed E-state index contributed by atoms with van der Waals surface area (Å²) in [4.78, 5) is 62.3. The van der Waals surface area contributed by atoms with E-state index in [1.165, 1.54) is 6.92 Å². The third-order valence-corrected chi connectivity index (χ3v) is 4.13. The van der Waals surface area contributed by atoms with Crippen molar-refractivity contribution in [1.29, 1.82) is 0 Å². The van der Waals surface area contributed by atoms with Crippen LogP contribution in [0.25, 0.3) is 0 Å². The summed E-state index contributed by atoms with van der Waals surface area (Å²) in [6.07, 6.45) is -0.168. The number of aliphatic carboxylic acids is 2. The molecule has 32 heavy (non-hydrogen) atoms. The van der Waals surface area contributed by atoms with Crippen LogP contribution in [0.5, 0.6) is 0 Å². The number of nitrogens with zero attached hydrogens (tertiary/aromatic N) is 1. The number of carboxylic acids is 2. The first-order valence-electron chi connectivity index (χ1n) is 9.66. The second kappa shape index (κ2) is 14.5. The molecule has 4 atom stereocenters. The summed E-state index contributed by atoms with van der Waals surface area (Å²) in [6.45, 7) is 0.624. The number of rotatable bonds is 15. The Morgan fingerprint density at radius 2 is 1.50 bits per heavy atom. The minimum Gasteiger partial charge on any atom is -0.481 e. The zero-order chi connectivity index (χ0) is 24.8. The summed E-state index contributed by atoms with van der Waals surface area (Å²) < 4.78 is 0. The molecule has 3 amide bonds. The van der Waals surface area contributed by atoms with Crippen LogP contribution in [0.15, 0.2) is 4.99 Å². The number of nitrogens with one attached hydrogen (secondary N) is 3. The van der Waals surface area contributed by atoms with Crippen molar-refractivity contribution < 1.29 is 39.3 Å². The zero-order valence-electron chi connectivity index (χ0n) is 17.6. The maximum absolute atomic E-state index is 12.5. The Kier molecular flexibility index (Phi) is 13.0. The van der Waals surface area contributed by atoms with E-state index in [1.54, 1.807) is 0 Å². The molecular weight excluding hydrogens is 430 g/mol. The minimum absolute atomic E-state index is 0.111. The van der Waals surface area contributed by atoms with Gasteiger partial charge in [0.15, 0.2) is 5.96 Å². The van der Waals surface area contributed by atoms with Crippen LogP contribution in [0.4, 0.5) is 0 Å². The van der Waals surface area contributed by atoms with E-state index in [0.29, 0.717) is 6.42 Å². The first kappa shape index (κ1) is 28.5. The summed E-state index contributed by atoms with van der Waals surface area (Å²) in [5.74, 6) is -5.29. The largest absolute Gasteiger partial charge is 0.481 e. The molecule has 15 heteroatoms. The molecule has 0 saturated carbocycles. The highest BCUT2D eigenvalue weighted by Crippen LogP contribution is 2.02. The van der Waals surface area contributed by atoms with E-state index in [0.717, 1.165) is 0 Å². The van der Waals surface area contributed by atoms with Gasteiger partial charge >= 0.3 is 11.9 Å². The molecule has 0 aromatic rings. The van der Waals surface area contributed by atoms with Crippen LogP contribution in [0.1, 0.15) is 32.6 Å². The van der Waals surface area contributed by atoms with Gasteiger partial charge in [0.05, 0.1) is 12.6 Å². The second-order valence-corrected chi connectivity index (χ2v) is 6.86. The quantitative estimate of drug-likeness (QED) is 0.0640. The van der Waals surface area contributed by atoms with Crippen molar-refractivity contribution in [1.82, 2.24) is 16.0 Å². The van der Waals surface area contributed by atoms with Gasteiger partial charge in [-0.3, -0.25) is 24.2 Å². The van der Waals surface area contributed by atoms with E-state index < -0.39 is 66.9 Å². The molecule has 0 aliphatic rings. The lowest BCUT2D eigenvalue weighted by Crippen LogP contribution is -2.56. The Hall–Kier alpha value is -3.46. The molecule has 12 N–H and O–H groups in total. The Labute approximate surface area is 183 Å². The Morgan fingerprint density at radius 1 is 0.906 bits per heavy atom. The maximum atomic E-state index is 12.5. The number of carbonyl (C=O) groups is 5. The van der Waals surface area contributed by atoms with Gasteiger partial charge in [-0.05, 0) is 26.2 Å². The lowest BCUT2D eigenvalue weighted by molar-refractivity contribution is -0.143. The minimum atomic E-state index is -1.57. The van der Waals surface area contributed by atoms with Gasteiger partial charge in [-0.2, -0.15) is 0 Å². The Balaban J connectivity index is 5.00. The molecule has 0 fully saturated rings. The summed E-state index contributed by atoms with van der Waals surface area (Å²) in [7, 11) is 0. The van der Waals surface area contributed by atoms with Gasteiger partial charge in [0.1, 0.15) is 18.1 Å². The molecule has 0 spiro atoms. The standard InChI is InChI=1S/C17H31N7O8/c1-8(13(28)24-11(7-25)16(31)32)22-15(30)10(4-5-12(26)27)23-14(29)9(18)3-2-6-21-17(19)20/h8-11,25H,2-7,18H2,1H3,(H,22,30)(H,23,29)(H,24,28)(H,26,27)(H,31,32)(H4,19,20,21). The average Bonchev–Trinajstić information content (AvgIpc) is 2.70. The highest BCUT2D eigenvalue weighted by atomic mass is 16.4. The van der Waals surface area contributed by atoms with Crippen LogP contribution >= 0.6 is 0 Å². The number of carbonyl (C=O) groups excluding carboxylic acids is 3. The number of aliphatic hydroxyl groups excluding tert-OH is 1. The third kappa shape index (κ3) is 11.7. The van der Waals surface area contributed by atoms with Gasteiger partial charge in [-0.15, -0.1) is 0 Å². The monoisotopic (exact) mass is 461 g/mol. The van der Waals surface area contributed by atoms with E-state index in [2.05, 4.69) is 15.6 Å². The molecule has 0 aromatic carbocycles. The van der Waals surface area contributed by atoms with Crippen molar-refractivity contribution in [3.05, 3.63) is 0 Å². The topological polar surface area (TPSA) is 273 Å². The molecule has 0 aromatic heterocycles. The van der Waals surface area contributed by atoms with Crippen molar-refractivity contribution >= 4 is 35.6 Å². The van der Waals surface area contributed by atoms with Crippen molar-refractivity contribution in [2.45, 2.75) is 56.8 Å². The number of hydrogen-bond donors (Lipinski definition) is 9. The first-order valence-corrected chi connectivity index (χ1v) is 9.66. The fraction of sp³-hybridized carbons (Fsp3) is 0.647. The predicted octanol–water partition coefficient (Wildman–Crippen LogP) is -4.22. The second-order valence-electron chi connectivity index (χ2n) is 6.86. The normalized spacial score (nSPS) is 14.2. The van der Waals surface area contributed by atoms with Gasteiger partial charge in [-0.1, -0.05) is 0 Å². The van der Waals surface area contributed by atoms with Crippen molar-refractivity contribution in [2.75, 3.05) is 13.2 Å². The number of carboxylic acid groups (broad SMARTS) is 2. The molecule has 0 aliphatic heterocycles. The SMILES string of the molecule is CC(NC(=O)C(CCC(=O)O)NC(=O)C(N)CCCN=C(N)N)C(=O)NC(CO)C(=O)O. The smallest absolute Gasteiger partial charge is 0.328 e. The van der Waals surface area contributed by atoms with Gasteiger partial charge in [0.2, 0.25) is 17.7 Å². The predicted molar refractivity (Wildman–Crippen MR) is 111 cm³/mol. The van der Waals surface area contributed by atoms with Gasteiger partial charge in [-0.25, -0.2) is 4.79 Å². The van der Waals surface area contributed by atoms with Crippen molar-refractivity contribution in [3.8, 4) is 0 Å². The van der Waals surface area contributed by atoms with E-state index in [4.69, 9.17) is 32.5 Å². The van der Waals surface area contributed by atoms with Gasteiger partial charge < -0.3 is 48.5 Å². The zero-order valence-corrected chi connectivity index (χ0v) is 17.6. The van der Waals surface area contributed by atoms with E-state index >= 15 is 0 Å². The Morgan fingerprint density at radius 3 is 2.00 bits per heavy atom. The van der Waals surface area contributed by atoms with E-state index in [9.17, 15) is 24.0 Å². The molecule has 4 unspecified atom stereocenters. The number of amides is 3. The molecule has 0 radical (unpaired) electrons. The van der Waals surface area contributed by atoms with Crippen LogP contribution in [-0.4, -0.2) is 88.3 Å². The van der Waals surface area contributed by atoms with Crippen LogP contribution in [-0.2, 0) is 24.0 Å². The van der Waals surface area contributed by atoms with E-state index in [-0.39, 0.29) is 25.3 Å². The van der Waals surface area contributed by atoms with Crippen LogP contribution in [0.3, 0.4) is 0 Å². The fourth-order valence-electron chi connectivity index (χ4n) is 2.33. The fourth-order valence-corrected chi connectivity index (χ4v) is 2.33. The summed E-state index contributed by atoms with van der Waals surface area (Å²) in [6, 6.07) is -5.15. The lowest BCUT2D eigenvalue weighted by atomic mass is 10.1. The van der Waals surface area contributed by atoms with Crippen molar-refractivity contribution in [3.63, 3.8) is 0 Å². The number of aliphatic imine (C=N–C) groups is 1. The van der Waals surface area contributed by atoms with Crippen LogP contribution in [0.2, 0.25) is 0 Å². The molecule has 15 nitrogen and oxygen atoms in total. The van der Waals surface area contributed by atoms with Gasteiger partial charge in [0.25, 0.3) is 0 Å². The number of guanidine groups is 1. The first-order chi connectivity index (χ1) is 14.9. The molecular formula is C17H31N7O8. The number of nitrogens with two attached hydrogens (primary N) is 3. The average molecular weight is 461 g/mol. The molecule has 0 bridgehead atoms. The summed E-state index contributed by atoms with van der Waals surface area (Å²) in [5, 5.41) is 33.3. The molecule has 0 heterocycles. The van der Waals surface area contributed by atoms with Crippen molar-refractivity contribution in [2.24, 2.45) is 22.2 Å². The maximum Gasteiger partial charge on any atom is 0.328 e. The van der Waals surface area contributed by atoms with Crippen LogP contribution in [0, 0.1) is 0 Å². The summed E-state index contributed by atoms with van der Waals surface area (Å²) >= 11 is 0. The molecule has 0 saturated heterocycles. The highest BCUT2D eigenvalue weighted by molar-refractivity contribution is 5.94. The molecule has 0 aliphatic carbocycles. The lowest BCUT2D eigenvalue weighted by Gasteiger charge is -2.23. The number of aliphatic hydroxyl groups is 1. The third-order valence-electron chi connectivity index (χ3n) is 4.13. The molecule has 182 valence electrons. The van der Waals surface area contributed by atoms with E-state index in [1.807, 2.05) is 5.32 Å².